The van der Waals surface area contributed by atoms with Crippen molar-refractivity contribution in [2.45, 2.75) is 25.5 Å². The number of hydrogen-bond acceptors (Lipinski definition) is 7. The second kappa shape index (κ2) is 10.3. The van der Waals surface area contributed by atoms with E-state index in [1.807, 2.05) is 0 Å². The largest absolute Gasteiger partial charge is 0.461 e. The van der Waals surface area contributed by atoms with Crippen LogP contribution in [-0.4, -0.2) is 49.2 Å². The average Bonchev–Trinajstić information content (AvgIpc) is 3.27. The number of carbonyl (C=O) groups excluding carboxylic acids is 2. The number of nitrogens with two attached hydrogens (primary N) is 1. The summed E-state index contributed by atoms with van der Waals surface area (Å²) in [6.45, 7) is 1.53. The predicted octanol–water partition coefficient (Wildman–Crippen LogP) is 3.58. The number of anilines is 1. The molecule has 3 amide bonds. The van der Waals surface area contributed by atoms with Crippen LogP contribution in [0.3, 0.4) is 0 Å². The van der Waals surface area contributed by atoms with Gasteiger partial charge in [0.25, 0.3) is 5.91 Å². The van der Waals surface area contributed by atoms with Crippen molar-refractivity contribution in [3.8, 4) is 11.6 Å². The molecule has 3 rings (SSSR count). The van der Waals surface area contributed by atoms with Gasteiger partial charge in [0.05, 0.1) is 21.8 Å². The number of amides is 3. The summed E-state index contributed by atoms with van der Waals surface area (Å²) in [5.41, 5.74) is 4.87. The van der Waals surface area contributed by atoms with E-state index in [4.69, 9.17) is 28.9 Å². The van der Waals surface area contributed by atoms with Gasteiger partial charge in [-0.2, -0.15) is 27.3 Å². The molecular weight excluding hydrogens is 523 g/mol. The number of aromatic nitrogens is 5. The van der Waals surface area contributed by atoms with Gasteiger partial charge >= 0.3 is 18.6 Å². The minimum absolute atomic E-state index is 0.0809. The molecule has 35 heavy (non-hydrogen) atoms. The SMILES string of the molecule is C[C@H](NC(=O)Nc1cc(OC(F)(F)C(F)F)c(Cl)cc1Cl)c1ncnn1-c1cc(C(N)=O)ncn1. The monoisotopic (exact) mass is 536 g/mol. The number of rotatable bonds is 8. The van der Waals surface area contributed by atoms with Crippen LogP contribution in [0.25, 0.3) is 5.82 Å². The number of hydrogen-bond donors (Lipinski definition) is 3. The molecule has 3 aromatic rings. The van der Waals surface area contributed by atoms with E-state index in [-0.39, 0.29) is 28.0 Å². The Labute approximate surface area is 203 Å². The number of nitrogens with one attached hydrogen (secondary N) is 2. The van der Waals surface area contributed by atoms with Gasteiger partial charge in [-0.1, -0.05) is 23.2 Å². The van der Waals surface area contributed by atoms with Crippen LogP contribution in [0.1, 0.15) is 29.3 Å². The molecular formula is C18H14Cl2F4N8O3. The summed E-state index contributed by atoms with van der Waals surface area (Å²) in [6, 6.07) is 1.25. The molecule has 1 aromatic carbocycles. The van der Waals surface area contributed by atoms with Crippen LogP contribution in [0.2, 0.25) is 10.0 Å². The van der Waals surface area contributed by atoms with Gasteiger partial charge in [0.1, 0.15) is 24.1 Å². The second-order valence-electron chi connectivity index (χ2n) is 6.70. The zero-order chi connectivity index (χ0) is 25.9. The van der Waals surface area contributed by atoms with Crippen molar-refractivity contribution >= 4 is 40.8 Å². The molecule has 0 aliphatic rings. The first-order valence-corrected chi connectivity index (χ1v) is 10.1. The third-order valence-electron chi connectivity index (χ3n) is 4.20. The molecule has 0 saturated carbocycles. The zero-order valence-corrected chi connectivity index (χ0v) is 18.9. The van der Waals surface area contributed by atoms with Gasteiger partial charge in [-0.05, 0) is 13.0 Å². The summed E-state index contributed by atoms with van der Waals surface area (Å²) in [6.07, 6.45) is -6.70. The molecule has 0 fully saturated rings. The average molecular weight is 537 g/mol. The van der Waals surface area contributed by atoms with Gasteiger partial charge < -0.3 is 21.1 Å². The van der Waals surface area contributed by atoms with E-state index in [0.29, 0.717) is 0 Å². The Kier molecular flexibility index (Phi) is 7.60. The minimum atomic E-state index is -4.83. The third kappa shape index (κ3) is 6.05. The van der Waals surface area contributed by atoms with Gasteiger partial charge in [-0.25, -0.2) is 19.7 Å². The molecule has 11 nitrogen and oxygen atoms in total. The highest BCUT2D eigenvalue weighted by molar-refractivity contribution is 6.37. The van der Waals surface area contributed by atoms with Gasteiger partial charge in [-0.15, -0.1) is 0 Å². The molecule has 0 unspecified atom stereocenters. The number of primary amides is 1. The van der Waals surface area contributed by atoms with Crippen LogP contribution < -0.4 is 21.1 Å². The topological polar surface area (TPSA) is 150 Å². The molecule has 186 valence electrons. The highest BCUT2D eigenvalue weighted by atomic mass is 35.5. The first-order valence-electron chi connectivity index (χ1n) is 9.32. The number of carbonyl (C=O) groups is 2. The summed E-state index contributed by atoms with van der Waals surface area (Å²) in [5.74, 6) is -1.32. The Balaban J connectivity index is 1.77. The minimum Gasteiger partial charge on any atom is -0.427 e. The smallest absolute Gasteiger partial charge is 0.427 e. The van der Waals surface area contributed by atoms with Crippen LogP contribution in [0, 0.1) is 0 Å². The lowest BCUT2D eigenvalue weighted by Gasteiger charge is -2.19. The molecule has 0 aliphatic carbocycles. The maximum absolute atomic E-state index is 13.3. The standard InChI is InChI=1S/C18H14Cl2F4N8O3/c1-7(15-28-6-29-32(15)13-4-11(14(25)33)26-5-27-13)30-17(34)31-10-3-12(9(20)2-8(10)19)35-18(23,24)16(21)22/h2-7,16H,1H3,(H2,25,33)(H2,30,31,34)/t7-/m0/s1. The third-order valence-corrected chi connectivity index (χ3v) is 4.81. The van der Waals surface area contributed by atoms with Gasteiger partial charge in [0.15, 0.2) is 11.6 Å². The van der Waals surface area contributed by atoms with Crippen LogP contribution in [0.15, 0.2) is 30.9 Å². The van der Waals surface area contributed by atoms with E-state index in [2.05, 4.69) is 35.4 Å². The van der Waals surface area contributed by atoms with Crippen molar-refractivity contribution in [1.82, 2.24) is 30.0 Å². The quantitative estimate of drug-likeness (QED) is 0.372. The lowest BCUT2D eigenvalue weighted by atomic mass is 10.3. The fraction of sp³-hybridized carbons (Fsp3) is 0.222. The molecule has 0 spiro atoms. The van der Waals surface area contributed by atoms with Crippen LogP contribution >= 0.6 is 23.2 Å². The van der Waals surface area contributed by atoms with Crippen LogP contribution in [0.4, 0.5) is 28.0 Å². The molecule has 0 aliphatic heterocycles. The first-order chi connectivity index (χ1) is 16.4. The number of halogens is 6. The molecule has 2 heterocycles. The number of alkyl halides is 4. The van der Waals surface area contributed by atoms with Crippen molar-refractivity contribution in [1.29, 1.82) is 0 Å². The van der Waals surface area contributed by atoms with Crippen molar-refractivity contribution < 1.29 is 31.9 Å². The van der Waals surface area contributed by atoms with E-state index in [0.717, 1.165) is 18.5 Å². The lowest BCUT2D eigenvalue weighted by molar-refractivity contribution is -0.253. The summed E-state index contributed by atoms with van der Waals surface area (Å²) >= 11 is 11.7. The molecule has 2 aromatic heterocycles. The molecule has 1 atom stereocenters. The van der Waals surface area contributed by atoms with Gasteiger partial charge in [0.2, 0.25) is 0 Å². The Morgan fingerprint density at radius 1 is 1.11 bits per heavy atom. The van der Waals surface area contributed by atoms with Crippen molar-refractivity contribution in [3.63, 3.8) is 0 Å². The number of urea groups is 1. The Morgan fingerprint density at radius 3 is 2.49 bits per heavy atom. The zero-order valence-electron chi connectivity index (χ0n) is 17.3. The summed E-state index contributed by atoms with van der Waals surface area (Å²) < 4.78 is 56.6. The first kappa shape index (κ1) is 25.9. The summed E-state index contributed by atoms with van der Waals surface area (Å²) in [5, 5.41) is 8.09. The van der Waals surface area contributed by atoms with Crippen LogP contribution in [-0.2, 0) is 0 Å². The van der Waals surface area contributed by atoms with Crippen molar-refractivity contribution in [2.75, 3.05) is 5.32 Å². The number of nitrogens with zero attached hydrogens (tertiary/aromatic N) is 5. The van der Waals surface area contributed by atoms with E-state index < -0.39 is 41.3 Å². The highest BCUT2D eigenvalue weighted by Crippen LogP contribution is 2.38. The summed E-state index contributed by atoms with van der Waals surface area (Å²) in [4.78, 5) is 35.6. The number of benzene rings is 1. The Hall–Kier alpha value is -3.72. The molecule has 0 bridgehead atoms. The van der Waals surface area contributed by atoms with Crippen molar-refractivity contribution in [3.05, 3.63) is 52.4 Å². The molecule has 17 heteroatoms. The maximum Gasteiger partial charge on any atom is 0.461 e. The van der Waals surface area contributed by atoms with E-state index in [9.17, 15) is 27.2 Å². The molecule has 0 radical (unpaired) electrons. The maximum atomic E-state index is 13.3. The fourth-order valence-electron chi connectivity index (χ4n) is 2.63. The highest BCUT2D eigenvalue weighted by Gasteiger charge is 2.44. The Bertz CT molecular complexity index is 1260. The molecule has 4 N–H and O–H groups in total. The number of ether oxygens (including phenoxy) is 1. The van der Waals surface area contributed by atoms with Gasteiger partial charge in [-0.3, -0.25) is 4.79 Å². The van der Waals surface area contributed by atoms with Crippen LogP contribution in [0.5, 0.6) is 5.75 Å². The second-order valence-corrected chi connectivity index (χ2v) is 7.52. The summed E-state index contributed by atoms with van der Waals surface area (Å²) in [7, 11) is 0. The Morgan fingerprint density at radius 2 is 1.83 bits per heavy atom. The van der Waals surface area contributed by atoms with Gasteiger partial charge in [0, 0.05) is 12.1 Å². The lowest BCUT2D eigenvalue weighted by Crippen LogP contribution is -2.34. The van der Waals surface area contributed by atoms with E-state index >= 15 is 0 Å². The fourth-order valence-corrected chi connectivity index (χ4v) is 3.10. The predicted molar refractivity (Wildman–Crippen MR) is 114 cm³/mol. The van der Waals surface area contributed by atoms with Crippen molar-refractivity contribution in [2.24, 2.45) is 5.73 Å². The molecule has 0 saturated heterocycles. The van der Waals surface area contributed by atoms with E-state index in [1.165, 1.54) is 24.0 Å². The van der Waals surface area contributed by atoms with E-state index in [1.54, 1.807) is 0 Å². The normalized spacial score (nSPS) is 12.3.